The number of hydrogen-bond donors (Lipinski definition) is 2. The number of nitrogens with two attached hydrogens (primary N) is 1. The molecule has 0 bridgehead atoms. The summed E-state index contributed by atoms with van der Waals surface area (Å²) in [6.07, 6.45) is 0.211. The summed E-state index contributed by atoms with van der Waals surface area (Å²) in [5.74, 6) is -1.13. The lowest BCUT2D eigenvalue weighted by atomic mass is 10.1. The van der Waals surface area contributed by atoms with Crippen LogP contribution in [0.25, 0.3) is 0 Å². The monoisotopic (exact) mass is 180 g/mol. The molecule has 3 N–H and O–H groups in total. The zero-order valence-electron chi connectivity index (χ0n) is 6.93. The molecule has 1 rings (SSSR count). The molecule has 0 aliphatic carbocycles. The summed E-state index contributed by atoms with van der Waals surface area (Å²) < 4.78 is 0. The Balaban J connectivity index is 2.64. The van der Waals surface area contributed by atoms with Crippen molar-refractivity contribution in [3.8, 4) is 5.75 Å². The maximum absolute atomic E-state index is 10.3. The summed E-state index contributed by atoms with van der Waals surface area (Å²) >= 11 is 0. The molecule has 0 saturated heterocycles. The number of carbonyl (C=O) groups is 1. The third kappa shape index (κ3) is 2.76. The van der Waals surface area contributed by atoms with Crippen LogP contribution < -0.4 is 10.8 Å². The van der Waals surface area contributed by atoms with Crippen molar-refractivity contribution in [3.05, 3.63) is 29.8 Å². The molecule has 0 amide bonds. The first-order valence-electron chi connectivity index (χ1n) is 3.84. The maximum Gasteiger partial charge on any atom is 0.115 e. The van der Waals surface area contributed by atoms with Crippen LogP contribution in [0.2, 0.25) is 0 Å². The van der Waals surface area contributed by atoms with Gasteiger partial charge in [0.2, 0.25) is 0 Å². The molecule has 1 atom stereocenters. The van der Waals surface area contributed by atoms with Gasteiger partial charge in [-0.05, 0) is 24.1 Å². The molecule has 0 spiro atoms. The fourth-order valence-electron chi connectivity index (χ4n) is 0.969. The van der Waals surface area contributed by atoms with Gasteiger partial charge in [0.1, 0.15) is 5.75 Å². The summed E-state index contributed by atoms with van der Waals surface area (Å²) in [5.41, 5.74) is 6.02. The SMILES string of the molecule is N[C@H](Cc1ccc(O)cc1)C(=O)[O-]. The number of phenolic OH excluding ortho intramolecular Hbond substituents is 1. The highest BCUT2D eigenvalue weighted by Gasteiger charge is 2.04. The molecule has 4 heteroatoms. The second-order valence-corrected chi connectivity index (χ2v) is 2.80. The quantitative estimate of drug-likeness (QED) is 0.625. The molecule has 13 heavy (non-hydrogen) atoms. The summed E-state index contributed by atoms with van der Waals surface area (Å²) in [6, 6.07) is 5.22. The van der Waals surface area contributed by atoms with E-state index < -0.39 is 12.0 Å². The molecule has 0 unspecified atom stereocenters. The number of hydrogen-bond acceptors (Lipinski definition) is 4. The molecule has 70 valence electrons. The Hall–Kier alpha value is -1.55. The third-order valence-electron chi connectivity index (χ3n) is 1.69. The lowest BCUT2D eigenvalue weighted by Gasteiger charge is -2.11. The zero-order valence-corrected chi connectivity index (χ0v) is 6.93. The summed E-state index contributed by atoms with van der Waals surface area (Å²) in [5, 5.41) is 19.2. The van der Waals surface area contributed by atoms with Gasteiger partial charge < -0.3 is 20.7 Å². The van der Waals surface area contributed by atoms with Gasteiger partial charge in [-0.25, -0.2) is 0 Å². The first-order chi connectivity index (χ1) is 6.09. The molecule has 0 fully saturated rings. The number of aliphatic carboxylic acids is 1. The third-order valence-corrected chi connectivity index (χ3v) is 1.69. The molecular formula is C9H10NO3-. The van der Waals surface area contributed by atoms with E-state index in [9.17, 15) is 9.90 Å². The Kier molecular flexibility index (Phi) is 2.87. The maximum atomic E-state index is 10.3. The van der Waals surface area contributed by atoms with Gasteiger partial charge in [-0.15, -0.1) is 0 Å². The van der Waals surface area contributed by atoms with Gasteiger partial charge in [0, 0.05) is 6.04 Å². The van der Waals surface area contributed by atoms with Crippen molar-refractivity contribution in [3.63, 3.8) is 0 Å². The minimum Gasteiger partial charge on any atom is -0.548 e. The van der Waals surface area contributed by atoms with E-state index in [0.29, 0.717) is 0 Å². The van der Waals surface area contributed by atoms with Gasteiger partial charge >= 0.3 is 0 Å². The van der Waals surface area contributed by atoms with E-state index in [1.807, 2.05) is 0 Å². The molecular weight excluding hydrogens is 170 g/mol. The number of rotatable bonds is 3. The van der Waals surface area contributed by atoms with E-state index in [2.05, 4.69) is 0 Å². The van der Waals surface area contributed by atoms with Crippen molar-refractivity contribution >= 4 is 5.97 Å². The molecule has 0 heterocycles. The number of carboxylic acids is 1. The number of carbonyl (C=O) groups excluding carboxylic acids is 1. The van der Waals surface area contributed by atoms with E-state index in [0.717, 1.165) is 5.56 Å². The average Bonchev–Trinajstić information content (AvgIpc) is 2.08. The topological polar surface area (TPSA) is 86.4 Å². The van der Waals surface area contributed by atoms with Crippen LogP contribution in [0.3, 0.4) is 0 Å². The van der Waals surface area contributed by atoms with Crippen molar-refractivity contribution in [1.82, 2.24) is 0 Å². The average molecular weight is 180 g/mol. The Morgan fingerprint density at radius 3 is 2.46 bits per heavy atom. The predicted molar refractivity (Wildman–Crippen MR) is 44.8 cm³/mol. The fraction of sp³-hybridized carbons (Fsp3) is 0.222. The van der Waals surface area contributed by atoms with Crippen LogP contribution in [0.1, 0.15) is 5.56 Å². The van der Waals surface area contributed by atoms with Crippen LogP contribution in [-0.2, 0) is 11.2 Å². The first kappa shape index (κ1) is 9.54. The first-order valence-corrected chi connectivity index (χ1v) is 3.84. The molecule has 0 aliphatic rings. The molecule has 0 aliphatic heterocycles. The Morgan fingerprint density at radius 2 is 2.00 bits per heavy atom. The number of carboxylic acid groups (broad SMARTS) is 1. The van der Waals surface area contributed by atoms with Gasteiger partial charge in [-0.1, -0.05) is 12.1 Å². The summed E-state index contributed by atoms with van der Waals surface area (Å²) in [6.45, 7) is 0. The standard InChI is InChI=1S/C9H11NO3/c10-8(9(12)13)5-6-1-3-7(11)4-2-6/h1-4,8,11H,5,10H2,(H,12,13)/p-1/t8-/m1/s1. The highest BCUT2D eigenvalue weighted by atomic mass is 16.4. The van der Waals surface area contributed by atoms with Gasteiger partial charge in [0.05, 0.1) is 5.97 Å². The molecule has 1 aromatic carbocycles. The second-order valence-electron chi connectivity index (χ2n) is 2.80. The van der Waals surface area contributed by atoms with Crippen LogP contribution >= 0.6 is 0 Å². The van der Waals surface area contributed by atoms with Crippen molar-refractivity contribution in [1.29, 1.82) is 0 Å². The van der Waals surface area contributed by atoms with Gasteiger partial charge in [-0.3, -0.25) is 0 Å². The van der Waals surface area contributed by atoms with E-state index in [-0.39, 0.29) is 12.2 Å². The van der Waals surface area contributed by atoms with E-state index in [1.165, 1.54) is 12.1 Å². The Morgan fingerprint density at radius 1 is 1.46 bits per heavy atom. The van der Waals surface area contributed by atoms with Gasteiger partial charge in [0.25, 0.3) is 0 Å². The molecule has 0 saturated carbocycles. The lowest BCUT2D eigenvalue weighted by molar-refractivity contribution is -0.307. The van der Waals surface area contributed by atoms with E-state index in [1.54, 1.807) is 12.1 Å². The van der Waals surface area contributed by atoms with Crippen molar-refractivity contribution in [2.75, 3.05) is 0 Å². The highest BCUT2D eigenvalue weighted by Crippen LogP contribution is 2.10. The van der Waals surface area contributed by atoms with E-state index >= 15 is 0 Å². The minimum absolute atomic E-state index is 0.144. The van der Waals surface area contributed by atoms with Crippen molar-refractivity contribution in [2.45, 2.75) is 12.5 Å². The van der Waals surface area contributed by atoms with Crippen LogP contribution in [0.5, 0.6) is 5.75 Å². The van der Waals surface area contributed by atoms with Crippen molar-refractivity contribution < 1.29 is 15.0 Å². The van der Waals surface area contributed by atoms with Gasteiger partial charge in [0.15, 0.2) is 0 Å². The largest absolute Gasteiger partial charge is 0.548 e. The van der Waals surface area contributed by atoms with Crippen LogP contribution in [0.4, 0.5) is 0 Å². The highest BCUT2D eigenvalue weighted by molar-refractivity contribution is 5.71. The molecule has 1 aromatic rings. The Labute approximate surface area is 75.6 Å². The smallest absolute Gasteiger partial charge is 0.115 e. The molecule has 0 radical (unpaired) electrons. The number of phenols is 1. The molecule has 0 aromatic heterocycles. The predicted octanol–water partition coefficient (Wildman–Crippen LogP) is -0.988. The van der Waals surface area contributed by atoms with Gasteiger partial charge in [-0.2, -0.15) is 0 Å². The summed E-state index contributed by atoms with van der Waals surface area (Å²) in [4.78, 5) is 10.3. The minimum atomic E-state index is -1.27. The fourth-order valence-corrected chi connectivity index (χ4v) is 0.969. The van der Waals surface area contributed by atoms with Crippen LogP contribution in [-0.4, -0.2) is 17.1 Å². The normalized spacial score (nSPS) is 12.4. The Bertz CT molecular complexity index is 294. The van der Waals surface area contributed by atoms with Crippen LogP contribution in [0.15, 0.2) is 24.3 Å². The second kappa shape index (κ2) is 3.91. The van der Waals surface area contributed by atoms with Crippen LogP contribution in [0, 0.1) is 0 Å². The molecule has 4 nitrogen and oxygen atoms in total. The number of benzene rings is 1. The number of aromatic hydroxyl groups is 1. The zero-order chi connectivity index (χ0) is 9.84. The lowest BCUT2D eigenvalue weighted by Crippen LogP contribution is -2.43. The van der Waals surface area contributed by atoms with E-state index in [4.69, 9.17) is 10.8 Å². The summed E-state index contributed by atoms with van der Waals surface area (Å²) in [7, 11) is 0. The van der Waals surface area contributed by atoms with Crippen molar-refractivity contribution in [2.24, 2.45) is 5.73 Å².